The van der Waals surface area contributed by atoms with Crippen LogP contribution in [0.1, 0.15) is 68.9 Å². The van der Waals surface area contributed by atoms with Crippen LogP contribution in [0.15, 0.2) is 152 Å². The van der Waals surface area contributed by atoms with Gasteiger partial charge in [0.15, 0.2) is 17.5 Å². The molecule has 5 aliphatic heterocycles. The largest absolute Gasteiger partial charge is 0.508 e. The second-order valence-corrected chi connectivity index (χ2v) is 22.4. The van der Waals surface area contributed by atoms with Crippen LogP contribution in [0.4, 0.5) is 4.79 Å². The Hall–Kier alpha value is -10.9. The van der Waals surface area contributed by atoms with Crippen molar-refractivity contribution in [2.45, 2.75) is 75.1 Å². The Bertz CT molecular complexity index is 4190. The number of rotatable bonds is 10. The average Bonchev–Trinajstić information content (AvgIpc) is 0.851. The van der Waals surface area contributed by atoms with E-state index >= 15 is 14.4 Å². The summed E-state index contributed by atoms with van der Waals surface area (Å²) in [6.07, 6.45) is -0.749. The number of carbonyl (C=O) groups excluding carboxylic acids is 7. The van der Waals surface area contributed by atoms with E-state index in [1.165, 1.54) is 48.8 Å². The summed E-state index contributed by atoms with van der Waals surface area (Å²) in [4.78, 5) is 108. The first-order chi connectivity index (χ1) is 44.3. The third-order valence-electron chi connectivity index (χ3n) is 15.3. The second kappa shape index (κ2) is 27.1. The van der Waals surface area contributed by atoms with Crippen molar-refractivity contribution >= 4 is 64.8 Å². The van der Waals surface area contributed by atoms with Crippen molar-refractivity contribution in [2.75, 3.05) is 7.11 Å². The van der Waals surface area contributed by atoms with E-state index in [4.69, 9.17) is 46.9 Å². The Labute approximate surface area is 532 Å². The van der Waals surface area contributed by atoms with E-state index in [-0.39, 0.29) is 87.0 Å². The van der Waals surface area contributed by atoms with Crippen molar-refractivity contribution in [3.63, 3.8) is 0 Å². The molecule has 472 valence electrons. The average molecular weight is 1290 g/mol. The van der Waals surface area contributed by atoms with Crippen LogP contribution in [0, 0.1) is 0 Å². The summed E-state index contributed by atoms with van der Waals surface area (Å²) in [5.74, 6) is -10.8. The van der Waals surface area contributed by atoms with Gasteiger partial charge in [0.1, 0.15) is 78.4 Å². The SMILES string of the molecule is COC(=O)[C@@H]1NC(=O)[C@H]2NC(=O)[C@H](NC(=O)[C@@H]3NC(=O)[C@H](Cc4cn(COCc5ccccc5)cn4)NC(=O)[C@H](NC(=O)OCc4ccccc4)Cc4ccc(c(Cl)c4)Oc4cc3cc(c4O)Oc3ccc(cc3Cl)[C@H]2O)c2ccc(O)c(c2)-c2c(O)cc(O)cc21. The number of hydrogen-bond acceptors (Lipinski definition) is 18. The number of esters is 1. The Kier molecular flexibility index (Phi) is 18.5. The molecule has 92 heavy (non-hydrogen) atoms. The summed E-state index contributed by atoms with van der Waals surface area (Å²) in [5.41, 5.74) is 0.510. The van der Waals surface area contributed by atoms with Crippen LogP contribution in [0.3, 0.4) is 0 Å². The lowest BCUT2D eigenvalue weighted by Crippen LogP contribution is -2.57. The van der Waals surface area contributed by atoms with Gasteiger partial charge < -0.3 is 85.7 Å². The maximum absolute atomic E-state index is 15.8. The number of ether oxygens (including phenoxy) is 5. The number of alkyl carbamates (subject to hydrolysis) is 1. The summed E-state index contributed by atoms with van der Waals surface area (Å²) in [6, 6.07) is 22.4. The molecule has 8 aromatic rings. The first-order valence-corrected chi connectivity index (χ1v) is 29.1. The van der Waals surface area contributed by atoms with Gasteiger partial charge in [0, 0.05) is 41.8 Å². The molecule has 0 saturated heterocycles. The molecule has 1 aromatic heterocycles. The predicted octanol–water partition coefficient (Wildman–Crippen LogP) is 6.91. The number of imidazole rings is 1. The number of phenolic OH excluding ortho intramolecular Hbond substituents is 4. The molecule has 7 aromatic carbocycles. The van der Waals surface area contributed by atoms with E-state index in [1.807, 2.05) is 30.3 Å². The van der Waals surface area contributed by atoms with Crippen LogP contribution in [-0.4, -0.2) is 102 Å². The van der Waals surface area contributed by atoms with Gasteiger partial charge in [-0.2, -0.15) is 0 Å². The van der Waals surface area contributed by atoms with E-state index in [0.717, 1.165) is 49.1 Å². The highest BCUT2D eigenvalue weighted by molar-refractivity contribution is 6.32. The summed E-state index contributed by atoms with van der Waals surface area (Å²) < 4.78 is 30.6. The molecular formula is C65H56Cl2N8O17. The number of aliphatic hydroxyl groups is 1. The van der Waals surface area contributed by atoms with Crippen LogP contribution in [-0.2, 0) is 75.8 Å². The zero-order chi connectivity index (χ0) is 64.9. The van der Waals surface area contributed by atoms with Crippen LogP contribution in [0.25, 0.3) is 11.1 Å². The second-order valence-electron chi connectivity index (χ2n) is 21.6. The molecule has 11 bridgehead atoms. The third-order valence-corrected chi connectivity index (χ3v) is 15.9. The lowest BCUT2D eigenvalue weighted by atomic mass is 9.89. The molecule has 0 aliphatic carbocycles. The lowest BCUT2D eigenvalue weighted by Gasteiger charge is -2.31. The van der Waals surface area contributed by atoms with Crippen LogP contribution >= 0.6 is 23.2 Å². The molecule has 11 N–H and O–H groups in total. The highest BCUT2D eigenvalue weighted by atomic mass is 35.5. The Morgan fingerprint density at radius 1 is 0.652 bits per heavy atom. The van der Waals surface area contributed by atoms with E-state index in [2.05, 4.69) is 36.9 Å². The van der Waals surface area contributed by atoms with Crippen LogP contribution in [0.5, 0.6) is 46.0 Å². The minimum Gasteiger partial charge on any atom is -0.508 e. The van der Waals surface area contributed by atoms with Crippen LogP contribution < -0.4 is 41.4 Å². The Morgan fingerprint density at radius 2 is 1.29 bits per heavy atom. The zero-order valence-corrected chi connectivity index (χ0v) is 49.8. The number of hydrogen-bond donors (Lipinski definition) is 11. The monoisotopic (exact) mass is 1290 g/mol. The number of carbonyl (C=O) groups is 7. The number of aliphatic hydroxyl groups excluding tert-OH is 1. The number of nitrogens with one attached hydrogen (secondary N) is 6. The highest BCUT2D eigenvalue weighted by Gasteiger charge is 2.41. The van der Waals surface area contributed by atoms with Crippen molar-refractivity contribution in [3.05, 3.63) is 207 Å². The molecule has 0 saturated carbocycles. The minimum atomic E-state index is -2.11. The molecule has 5 aliphatic rings. The van der Waals surface area contributed by atoms with Gasteiger partial charge in [-0.1, -0.05) is 102 Å². The van der Waals surface area contributed by atoms with Crippen molar-refractivity contribution in [1.82, 2.24) is 41.5 Å². The zero-order valence-electron chi connectivity index (χ0n) is 48.3. The van der Waals surface area contributed by atoms with Crippen molar-refractivity contribution in [2.24, 2.45) is 0 Å². The van der Waals surface area contributed by atoms with Gasteiger partial charge in [-0.15, -0.1) is 0 Å². The van der Waals surface area contributed by atoms with Crippen LogP contribution in [0.2, 0.25) is 10.0 Å². The number of aromatic nitrogens is 2. The number of fused-ring (bicyclic) bond motifs is 15. The third kappa shape index (κ3) is 13.9. The van der Waals surface area contributed by atoms with Gasteiger partial charge in [-0.05, 0) is 88.0 Å². The molecule has 0 fully saturated rings. The number of methoxy groups -OCH3 is 1. The predicted molar refractivity (Wildman–Crippen MR) is 326 cm³/mol. The number of phenols is 4. The number of benzene rings is 7. The van der Waals surface area contributed by atoms with Gasteiger partial charge in [0.2, 0.25) is 35.3 Å². The van der Waals surface area contributed by atoms with Crippen molar-refractivity contribution < 1.29 is 82.8 Å². The fourth-order valence-corrected chi connectivity index (χ4v) is 11.1. The Morgan fingerprint density at radius 3 is 1.98 bits per heavy atom. The van der Waals surface area contributed by atoms with E-state index in [9.17, 15) is 44.7 Å². The molecular weight excluding hydrogens is 1240 g/mol. The molecule has 27 heteroatoms. The number of nitrogens with zero attached hydrogens (tertiary/aromatic N) is 2. The lowest BCUT2D eigenvalue weighted by molar-refractivity contribution is -0.146. The summed E-state index contributed by atoms with van der Waals surface area (Å²) in [6.45, 7) is 0.0579. The molecule has 0 spiro atoms. The summed E-state index contributed by atoms with van der Waals surface area (Å²) in [7, 11) is 0.983. The minimum absolute atomic E-state index is 0.00371. The maximum Gasteiger partial charge on any atom is 0.408 e. The quantitative estimate of drug-likeness (QED) is 0.0620. The van der Waals surface area contributed by atoms with Gasteiger partial charge in [-0.25, -0.2) is 14.6 Å². The first kappa shape index (κ1) is 62.7. The first-order valence-electron chi connectivity index (χ1n) is 28.3. The standard InChI is InChI=1S/C65H56Cl2N8O17/c1-88-64(86)55-41-25-39(76)26-47(78)52(41)40-20-35(13-15-46(40)77)53-61(83)74-56(63(85)73-55)57(79)36-14-17-49(43(67)21-36)92-51-23-37-22-50(58(51)80)91-48-16-12-34(18-42(48)66)19-44(70-65(87)90-29-33-10-6-3-7-11-33)59(81)69-45(60(82)71-54(37)62(84)72-53)24-38-27-75(30-68-38)31-89-28-32-8-4-2-5-9-32/h2-18,20-23,25-27,30,44-45,53-57,76-80H,19,24,28-29,31H2,1H3,(H,69,81)(H,70,87)(H,71,82)(H,72,84)(H,73,85)(H,74,83)/t44-,45+,53-,54-,55-,56+,57-/m1/s1. The summed E-state index contributed by atoms with van der Waals surface area (Å²) >= 11 is 13.8. The molecule has 25 nitrogen and oxygen atoms in total. The van der Waals surface area contributed by atoms with Crippen molar-refractivity contribution in [1.29, 1.82) is 0 Å². The normalized spacial score (nSPS) is 19.7. The molecule has 7 atom stereocenters. The molecule has 13 rings (SSSR count). The van der Waals surface area contributed by atoms with Gasteiger partial charge in [0.25, 0.3) is 0 Å². The maximum atomic E-state index is 15.8. The number of aromatic hydroxyl groups is 4. The molecule has 0 unspecified atom stereocenters. The number of amides is 6. The highest BCUT2D eigenvalue weighted by Crippen LogP contribution is 2.47. The molecule has 6 heterocycles. The fourth-order valence-electron chi connectivity index (χ4n) is 10.7. The number of halogens is 2. The molecule has 6 amide bonds. The smallest absolute Gasteiger partial charge is 0.408 e. The van der Waals surface area contributed by atoms with Gasteiger partial charge in [0.05, 0.1) is 35.8 Å². The van der Waals surface area contributed by atoms with Gasteiger partial charge >= 0.3 is 12.1 Å². The van der Waals surface area contributed by atoms with E-state index in [1.54, 1.807) is 41.1 Å². The topological polar surface area (TPSA) is 357 Å². The Balaban J connectivity index is 1.06. The van der Waals surface area contributed by atoms with Crippen molar-refractivity contribution in [3.8, 4) is 57.1 Å². The van der Waals surface area contributed by atoms with E-state index < -0.39 is 125 Å². The molecule has 0 radical (unpaired) electrons. The fraction of sp³-hybridized carbons (Fsp3) is 0.200. The van der Waals surface area contributed by atoms with E-state index in [0.29, 0.717) is 11.1 Å². The van der Waals surface area contributed by atoms with Gasteiger partial charge in [-0.3, -0.25) is 24.0 Å². The summed E-state index contributed by atoms with van der Waals surface area (Å²) in [5, 5.41) is 73.5.